The molecule has 8 rings (SSSR count). The number of anilines is 2. The third-order valence-corrected chi connectivity index (χ3v) is 12.7. The van der Waals surface area contributed by atoms with Crippen molar-refractivity contribution in [3.8, 4) is 22.5 Å². The highest BCUT2D eigenvalue weighted by Crippen LogP contribution is 2.34. The van der Waals surface area contributed by atoms with Crippen molar-refractivity contribution in [2.24, 2.45) is 32.9 Å². The molecule has 6 aromatic rings. The third kappa shape index (κ3) is 13.4. The van der Waals surface area contributed by atoms with Gasteiger partial charge in [-0.05, 0) is 87.9 Å². The number of aliphatic imine (C=N–C) groups is 2. The van der Waals surface area contributed by atoms with E-state index in [9.17, 15) is 0 Å². The van der Waals surface area contributed by atoms with Gasteiger partial charge in [0.2, 0.25) is 0 Å². The average molecular weight is 978 g/mol. The summed E-state index contributed by atoms with van der Waals surface area (Å²) in [6.07, 6.45) is 0.877. The zero-order valence-electron chi connectivity index (χ0n) is 39.5. The first-order valence-corrected chi connectivity index (χ1v) is 24.1. The predicted molar refractivity (Wildman–Crippen MR) is 279 cm³/mol. The minimum Gasteiger partial charge on any atom is -0.378 e. The molecule has 0 aliphatic carbocycles. The quantitative estimate of drug-likeness (QED) is 0.0383. The van der Waals surface area contributed by atoms with E-state index in [0.717, 1.165) is 117 Å². The Kier molecular flexibility index (Phi) is 16.3. The molecular formula is C50H62Cl2N14O3. The molecule has 2 saturated heterocycles. The van der Waals surface area contributed by atoms with Crippen LogP contribution in [0.15, 0.2) is 94.9 Å². The molecule has 364 valence electrons. The third-order valence-electron chi connectivity index (χ3n) is 12.3. The molecule has 0 spiro atoms. The molecule has 0 radical (unpaired) electrons. The second-order valence-corrected chi connectivity index (χ2v) is 18.9. The Labute approximate surface area is 413 Å². The molecule has 2 aliphatic heterocycles. The van der Waals surface area contributed by atoms with Crippen LogP contribution in [0.4, 0.5) is 23.3 Å². The Morgan fingerprint density at radius 2 is 1.13 bits per heavy atom. The van der Waals surface area contributed by atoms with Crippen LogP contribution in [0.2, 0.25) is 10.0 Å². The fourth-order valence-electron chi connectivity index (χ4n) is 8.81. The first-order valence-electron chi connectivity index (χ1n) is 23.4. The summed E-state index contributed by atoms with van der Waals surface area (Å²) in [7, 11) is 0. The van der Waals surface area contributed by atoms with Gasteiger partial charge in [-0.25, -0.2) is 19.9 Å². The van der Waals surface area contributed by atoms with Gasteiger partial charge in [-0.1, -0.05) is 47.5 Å². The minimum atomic E-state index is -0.300. The van der Waals surface area contributed by atoms with Crippen LogP contribution in [-0.4, -0.2) is 145 Å². The molecule has 19 heteroatoms. The number of benzene rings is 4. The molecule has 1 atom stereocenters. The fourth-order valence-corrected chi connectivity index (χ4v) is 9.16. The number of nitrogens with two attached hydrogens (primary N) is 4. The molecule has 0 bridgehead atoms. The van der Waals surface area contributed by atoms with Gasteiger partial charge in [0.25, 0.3) is 11.9 Å². The van der Waals surface area contributed by atoms with Crippen LogP contribution >= 0.6 is 23.2 Å². The van der Waals surface area contributed by atoms with E-state index in [1.54, 1.807) is 12.1 Å². The number of halogens is 2. The second kappa shape index (κ2) is 22.7. The lowest BCUT2D eigenvalue weighted by Gasteiger charge is -2.40. The molecular weight excluding hydrogens is 916 g/mol. The zero-order valence-corrected chi connectivity index (χ0v) is 41.0. The second-order valence-electron chi connectivity index (χ2n) is 18.0. The zero-order chi connectivity index (χ0) is 48.5. The van der Waals surface area contributed by atoms with Gasteiger partial charge in [-0.2, -0.15) is 9.98 Å². The highest BCUT2D eigenvalue weighted by Gasteiger charge is 2.27. The molecule has 4 heterocycles. The van der Waals surface area contributed by atoms with Gasteiger partial charge in [0.15, 0.2) is 11.9 Å². The van der Waals surface area contributed by atoms with Crippen molar-refractivity contribution in [3.05, 3.63) is 95.0 Å². The molecule has 69 heavy (non-hydrogen) atoms. The van der Waals surface area contributed by atoms with E-state index in [4.69, 9.17) is 70.3 Å². The molecule has 0 amide bonds. The molecule has 2 aromatic heterocycles. The topological polar surface area (TPSA) is 221 Å². The number of hydrogen-bond acceptors (Lipinski definition) is 13. The number of rotatable bonds is 19. The van der Waals surface area contributed by atoms with Crippen LogP contribution < -0.4 is 32.7 Å². The maximum atomic E-state index is 6.42. The molecule has 8 N–H and O–H groups in total. The van der Waals surface area contributed by atoms with Gasteiger partial charge in [0, 0.05) is 115 Å². The Morgan fingerprint density at radius 3 is 1.64 bits per heavy atom. The number of fused-ring (bicyclic) bond motifs is 2. The summed E-state index contributed by atoms with van der Waals surface area (Å²) in [4.78, 5) is 36.4. The van der Waals surface area contributed by atoms with E-state index in [2.05, 4.69) is 84.6 Å². The van der Waals surface area contributed by atoms with Crippen LogP contribution in [0, 0.1) is 0 Å². The molecule has 2 aliphatic rings. The standard InChI is InChI=1S/C50H62Cl2N14O3/c1-33(68-27-26-67-25-23-63-15-19-65(20-16-63)38-8-4-6-34(28-38)44-40-30-36(51)10-12-42(40)57-48(59-44)61-46(53)54)14-24-69-50(2,3)32-64-17-21-66(22-18-64)39-9-5-7-35(29-39)45-41-31-37(52)11-13-43(41)58-49(60-45)62-47(55)56/h4-13,28-31,33H,14-27,32H2,1-3H3,(H4,53,54,57,59,61)(H4,55,56,58,60,62). The summed E-state index contributed by atoms with van der Waals surface area (Å²) in [6, 6.07) is 27.7. The van der Waals surface area contributed by atoms with E-state index in [0.29, 0.717) is 47.5 Å². The van der Waals surface area contributed by atoms with Gasteiger partial charge < -0.3 is 46.9 Å². The summed E-state index contributed by atoms with van der Waals surface area (Å²) in [5.74, 6) is 0.206. The van der Waals surface area contributed by atoms with E-state index in [-0.39, 0.29) is 35.5 Å². The van der Waals surface area contributed by atoms with E-state index < -0.39 is 0 Å². The molecule has 4 aromatic carbocycles. The van der Waals surface area contributed by atoms with Crippen molar-refractivity contribution < 1.29 is 14.2 Å². The van der Waals surface area contributed by atoms with Crippen molar-refractivity contribution >= 4 is 80.2 Å². The van der Waals surface area contributed by atoms with Crippen LogP contribution in [0.3, 0.4) is 0 Å². The lowest BCUT2D eigenvalue weighted by Crippen LogP contribution is -2.51. The normalized spacial score (nSPS) is 15.4. The lowest BCUT2D eigenvalue weighted by molar-refractivity contribution is -0.0606. The number of guanidine groups is 2. The number of hydrogen-bond donors (Lipinski definition) is 4. The number of aromatic nitrogens is 4. The predicted octanol–water partition coefficient (Wildman–Crippen LogP) is 6.57. The highest BCUT2D eigenvalue weighted by molar-refractivity contribution is 6.31. The van der Waals surface area contributed by atoms with E-state index >= 15 is 0 Å². The monoisotopic (exact) mass is 976 g/mol. The minimum absolute atomic E-state index is 0.0666. The Morgan fingerprint density at radius 1 is 0.623 bits per heavy atom. The van der Waals surface area contributed by atoms with E-state index in [1.165, 1.54) is 0 Å². The number of ether oxygens (including phenoxy) is 3. The largest absolute Gasteiger partial charge is 0.378 e. The van der Waals surface area contributed by atoms with Crippen LogP contribution in [-0.2, 0) is 14.2 Å². The Bertz CT molecular complexity index is 2770. The van der Waals surface area contributed by atoms with Crippen molar-refractivity contribution in [2.75, 3.05) is 102 Å². The smallest absolute Gasteiger partial charge is 0.253 e. The van der Waals surface area contributed by atoms with Crippen LogP contribution in [0.1, 0.15) is 27.2 Å². The first kappa shape index (κ1) is 49.5. The maximum Gasteiger partial charge on any atom is 0.253 e. The van der Waals surface area contributed by atoms with Gasteiger partial charge in [-0.3, -0.25) is 9.80 Å². The summed E-state index contributed by atoms with van der Waals surface area (Å²) < 4.78 is 18.5. The van der Waals surface area contributed by atoms with Crippen LogP contribution in [0.5, 0.6) is 0 Å². The lowest BCUT2D eigenvalue weighted by atomic mass is 10.0. The summed E-state index contributed by atoms with van der Waals surface area (Å²) >= 11 is 12.8. The van der Waals surface area contributed by atoms with Crippen LogP contribution in [0.25, 0.3) is 44.3 Å². The van der Waals surface area contributed by atoms with E-state index in [1.807, 2.05) is 48.5 Å². The SMILES string of the molecule is CC(CCOC(C)(C)CN1CCN(c2cccc(-c3nc(N=C(N)N)nc4ccc(Cl)cc34)c2)CC1)OCCOCCN1CCN(c2cccc(-c3nc(N=C(N)N)nc4ccc(Cl)cc34)c2)CC1. The first-order chi connectivity index (χ1) is 33.2. The van der Waals surface area contributed by atoms with Crippen molar-refractivity contribution in [2.45, 2.75) is 38.9 Å². The number of nitrogens with zero attached hydrogens (tertiary/aromatic N) is 10. The van der Waals surface area contributed by atoms with Crippen molar-refractivity contribution in [1.29, 1.82) is 0 Å². The highest BCUT2D eigenvalue weighted by atomic mass is 35.5. The molecule has 2 fully saturated rings. The average Bonchev–Trinajstić information content (AvgIpc) is 3.32. The van der Waals surface area contributed by atoms with Gasteiger partial charge in [0.05, 0.1) is 53.9 Å². The summed E-state index contributed by atoms with van der Waals surface area (Å²) in [5, 5.41) is 2.86. The maximum absolute atomic E-state index is 6.42. The Hall–Kier alpha value is -5.92. The van der Waals surface area contributed by atoms with Gasteiger partial charge in [0.1, 0.15) is 0 Å². The molecule has 1 unspecified atom stereocenters. The summed E-state index contributed by atoms with van der Waals surface area (Å²) in [5.41, 5.74) is 29.3. The summed E-state index contributed by atoms with van der Waals surface area (Å²) in [6.45, 7) is 17.8. The van der Waals surface area contributed by atoms with Crippen molar-refractivity contribution in [1.82, 2.24) is 29.7 Å². The molecule has 17 nitrogen and oxygen atoms in total. The Balaban J connectivity index is 0.712. The van der Waals surface area contributed by atoms with Crippen molar-refractivity contribution in [3.63, 3.8) is 0 Å². The fraction of sp³-hybridized carbons (Fsp3) is 0.400. The van der Waals surface area contributed by atoms with Gasteiger partial charge >= 0.3 is 0 Å². The van der Waals surface area contributed by atoms with Gasteiger partial charge in [-0.15, -0.1) is 0 Å². The number of piperazine rings is 2. The molecule has 0 saturated carbocycles.